The lowest BCUT2D eigenvalue weighted by Crippen LogP contribution is -1.97. The van der Waals surface area contributed by atoms with Crippen molar-refractivity contribution in [3.8, 4) is 11.4 Å². The van der Waals surface area contributed by atoms with Crippen LogP contribution in [0.5, 0.6) is 5.75 Å². The number of ether oxygens (including phenoxy) is 1. The predicted molar refractivity (Wildman–Crippen MR) is 63.7 cm³/mol. The Morgan fingerprint density at radius 2 is 2.21 bits per heavy atom. The highest BCUT2D eigenvalue weighted by molar-refractivity contribution is 5.85. The molecule has 1 N–H and O–H groups in total. The van der Waals surface area contributed by atoms with Gasteiger partial charge in [0, 0.05) is 18.3 Å². The molecule has 0 fully saturated rings. The number of hydrogen-bond donors (Lipinski definition) is 1. The summed E-state index contributed by atoms with van der Waals surface area (Å²) >= 11 is 0. The van der Waals surface area contributed by atoms with Gasteiger partial charge < -0.3 is 14.4 Å². The number of imidazole rings is 1. The van der Waals surface area contributed by atoms with Gasteiger partial charge in [0.2, 0.25) is 0 Å². The van der Waals surface area contributed by atoms with E-state index in [0.717, 1.165) is 0 Å². The first-order valence-corrected chi connectivity index (χ1v) is 5.12. The van der Waals surface area contributed by atoms with E-state index >= 15 is 0 Å². The van der Waals surface area contributed by atoms with Crippen LogP contribution in [0.1, 0.15) is 10.5 Å². The predicted octanol–water partition coefficient (Wildman–Crippen LogP) is 1.49. The number of nitro groups is 1. The van der Waals surface area contributed by atoms with E-state index in [0.29, 0.717) is 11.4 Å². The van der Waals surface area contributed by atoms with E-state index in [2.05, 4.69) is 4.98 Å². The van der Waals surface area contributed by atoms with Gasteiger partial charge in [-0.15, -0.1) is 0 Å². The first-order valence-electron chi connectivity index (χ1n) is 5.12. The molecular weight excluding hydrogens is 254 g/mol. The average Bonchev–Trinajstić information content (AvgIpc) is 2.87. The molecule has 1 heterocycles. The zero-order valence-electron chi connectivity index (χ0n) is 9.81. The highest BCUT2D eigenvalue weighted by atomic mass is 16.6. The van der Waals surface area contributed by atoms with Gasteiger partial charge in [0.05, 0.1) is 23.8 Å². The van der Waals surface area contributed by atoms with Crippen molar-refractivity contribution in [1.82, 2.24) is 9.55 Å². The average molecular weight is 263 g/mol. The number of non-ortho nitro benzene ring substituents is 1. The maximum absolute atomic E-state index is 10.8. The van der Waals surface area contributed by atoms with Gasteiger partial charge in [-0.05, 0) is 0 Å². The molecule has 1 aromatic carbocycles. The van der Waals surface area contributed by atoms with Crippen molar-refractivity contribution in [3.05, 3.63) is 46.5 Å². The van der Waals surface area contributed by atoms with Gasteiger partial charge >= 0.3 is 5.97 Å². The SMILES string of the molecule is COc1cc(-n2cnc(C(=O)O)c2)cc([N+](=O)[O-])c1. The number of benzene rings is 1. The first kappa shape index (κ1) is 12.6. The number of carbonyl (C=O) groups is 1. The number of carboxylic acids is 1. The van der Waals surface area contributed by atoms with Gasteiger partial charge in [0.15, 0.2) is 5.69 Å². The standard InChI is InChI=1S/C11H9N3O5/c1-19-9-3-7(2-8(4-9)14(17)18)13-5-10(11(15)16)12-6-13/h2-6H,1H3,(H,15,16). The third-order valence-corrected chi connectivity index (χ3v) is 2.42. The molecule has 19 heavy (non-hydrogen) atoms. The number of carboxylic acid groups (broad SMARTS) is 1. The van der Waals surface area contributed by atoms with Crippen molar-refractivity contribution in [1.29, 1.82) is 0 Å². The third kappa shape index (κ3) is 2.51. The summed E-state index contributed by atoms with van der Waals surface area (Å²) in [5.41, 5.74) is 0.0939. The zero-order chi connectivity index (χ0) is 14.0. The second-order valence-corrected chi connectivity index (χ2v) is 3.62. The number of methoxy groups -OCH3 is 1. The Labute approximate surface area is 107 Å². The number of nitro benzene ring substituents is 1. The normalized spacial score (nSPS) is 10.2. The van der Waals surface area contributed by atoms with Crippen molar-refractivity contribution in [3.63, 3.8) is 0 Å². The minimum atomic E-state index is -1.17. The molecule has 0 aliphatic heterocycles. The van der Waals surface area contributed by atoms with Crippen LogP contribution in [0.2, 0.25) is 0 Å². The van der Waals surface area contributed by atoms with Crippen LogP contribution in [0.3, 0.4) is 0 Å². The van der Waals surface area contributed by atoms with Crippen LogP contribution < -0.4 is 4.74 Å². The molecule has 0 amide bonds. The van der Waals surface area contributed by atoms with Crippen molar-refractivity contribution in [2.24, 2.45) is 0 Å². The van der Waals surface area contributed by atoms with Crippen LogP contribution in [0.25, 0.3) is 5.69 Å². The second kappa shape index (κ2) is 4.77. The summed E-state index contributed by atoms with van der Waals surface area (Å²) in [7, 11) is 1.39. The fourth-order valence-corrected chi connectivity index (χ4v) is 1.51. The van der Waals surface area contributed by atoms with Gasteiger partial charge in [-0.25, -0.2) is 9.78 Å². The van der Waals surface area contributed by atoms with E-state index in [1.54, 1.807) is 6.07 Å². The molecule has 0 unspecified atom stereocenters. The van der Waals surface area contributed by atoms with Gasteiger partial charge in [0.1, 0.15) is 12.1 Å². The Morgan fingerprint density at radius 3 is 2.74 bits per heavy atom. The highest BCUT2D eigenvalue weighted by Gasteiger charge is 2.13. The lowest BCUT2D eigenvalue weighted by molar-refractivity contribution is -0.384. The fourth-order valence-electron chi connectivity index (χ4n) is 1.51. The fraction of sp³-hybridized carbons (Fsp3) is 0.0909. The Kier molecular flexibility index (Phi) is 3.15. The molecule has 2 rings (SSSR count). The van der Waals surface area contributed by atoms with Gasteiger partial charge in [0.25, 0.3) is 5.69 Å². The Morgan fingerprint density at radius 1 is 1.47 bits per heavy atom. The van der Waals surface area contributed by atoms with Crippen LogP contribution in [0.4, 0.5) is 5.69 Å². The van der Waals surface area contributed by atoms with E-state index in [9.17, 15) is 14.9 Å². The van der Waals surface area contributed by atoms with Crippen LogP contribution in [0, 0.1) is 10.1 Å². The van der Waals surface area contributed by atoms with E-state index in [-0.39, 0.29) is 11.4 Å². The number of hydrogen-bond acceptors (Lipinski definition) is 5. The Hall–Kier alpha value is -2.90. The van der Waals surface area contributed by atoms with E-state index in [1.165, 1.54) is 36.3 Å². The molecule has 0 atom stereocenters. The molecular formula is C11H9N3O5. The van der Waals surface area contributed by atoms with Crippen LogP contribution in [-0.2, 0) is 0 Å². The molecule has 0 saturated heterocycles. The molecule has 8 nitrogen and oxygen atoms in total. The Balaban J connectivity index is 2.50. The summed E-state index contributed by atoms with van der Waals surface area (Å²) in [5.74, 6) is -0.870. The van der Waals surface area contributed by atoms with Crippen LogP contribution >= 0.6 is 0 Å². The van der Waals surface area contributed by atoms with Crippen molar-refractivity contribution >= 4 is 11.7 Å². The summed E-state index contributed by atoms with van der Waals surface area (Å²) in [6.07, 6.45) is 2.53. The minimum absolute atomic E-state index is 0.148. The first-order chi connectivity index (χ1) is 9.01. The number of aromatic nitrogens is 2. The number of nitrogens with zero attached hydrogens (tertiary/aromatic N) is 3. The molecule has 8 heteroatoms. The third-order valence-electron chi connectivity index (χ3n) is 2.42. The molecule has 0 spiro atoms. The molecule has 0 aliphatic carbocycles. The minimum Gasteiger partial charge on any atom is -0.496 e. The molecule has 98 valence electrons. The largest absolute Gasteiger partial charge is 0.496 e. The summed E-state index contributed by atoms with van der Waals surface area (Å²) in [6, 6.07) is 4.12. The summed E-state index contributed by atoms with van der Waals surface area (Å²) in [4.78, 5) is 24.7. The van der Waals surface area contributed by atoms with Crippen LogP contribution in [-0.4, -0.2) is 32.7 Å². The van der Waals surface area contributed by atoms with Gasteiger partial charge in [-0.3, -0.25) is 10.1 Å². The molecule has 1 aromatic heterocycles. The maximum Gasteiger partial charge on any atom is 0.356 e. The summed E-state index contributed by atoms with van der Waals surface area (Å²) < 4.78 is 6.34. The Bertz CT molecular complexity index is 650. The zero-order valence-corrected chi connectivity index (χ0v) is 9.81. The molecule has 0 bridgehead atoms. The highest BCUT2D eigenvalue weighted by Crippen LogP contribution is 2.25. The van der Waals surface area contributed by atoms with E-state index in [1.807, 2.05) is 0 Å². The van der Waals surface area contributed by atoms with Crippen molar-refractivity contribution in [2.45, 2.75) is 0 Å². The van der Waals surface area contributed by atoms with Crippen LogP contribution in [0.15, 0.2) is 30.7 Å². The topological polar surface area (TPSA) is 107 Å². The monoisotopic (exact) mass is 263 g/mol. The maximum atomic E-state index is 10.8. The summed E-state index contributed by atoms with van der Waals surface area (Å²) in [6.45, 7) is 0. The van der Waals surface area contributed by atoms with Crippen molar-refractivity contribution in [2.75, 3.05) is 7.11 Å². The quantitative estimate of drug-likeness (QED) is 0.661. The molecule has 0 radical (unpaired) electrons. The lowest BCUT2D eigenvalue weighted by atomic mass is 10.2. The second-order valence-electron chi connectivity index (χ2n) is 3.62. The van der Waals surface area contributed by atoms with Gasteiger partial charge in [-0.1, -0.05) is 0 Å². The molecule has 0 aliphatic rings. The van der Waals surface area contributed by atoms with Gasteiger partial charge in [-0.2, -0.15) is 0 Å². The smallest absolute Gasteiger partial charge is 0.356 e. The number of rotatable bonds is 4. The van der Waals surface area contributed by atoms with E-state index < -0.39 is 10.9 Å². The lowest BCUT2D eigenvalue weighted by Gasteiger charge is -2.05. The molecule has 2 aromatic rings. The number of aromatic carboxylic acids is 1. The van der Waals surface area contributed by atoms with E-state index in [4.69, 9.17) is 9.84 Å². The summed E-state index contributed by atoms with van der Waals surface area (Å²) in [5, 5.41) is 19.6. The molecule has 0 saturated carbocycles. The van der Waals surface area contributed by atoms with Crippen molar-refractivity contribution < 1.29 is 19.6 Å².